The lowest BCUT2D eigenvalue weighted by Crippen LogP contribution is -2.81. The molecular formula is C39H46O12. The number of rotatable bonds is 7. The summed E-state index contributed by atoms with van der Waals surface area (Å²) in [4.78, 5) is 55.1. The Morgan fingerprint density at radius 2 is 1.57 bits per heavy atom. The molecule has 3 aliphatic carbocycles. The van der Waals surface area contributed by atoms with Gasteiger partial charge in [0.15, 0.2) is 17.5 Å². The first-order valence-corrected chi connectivity index (χ1v) is 17.3. The van der Waals surface area contributed by atoms with Gasteiger partial charge >= 0.3 is 17.9 Å². The normalized spacial score (nSPS) is 36.5. The van der Waals surface area contributed by atoms with Crippen molar-refractivity contribution in [3.8, 4) is 0 Å². The Labute approximate surface area is 296 Å². The topological polar surface area (TPSA) is 186 Å². The third-order valence-electron chi connectivity index (χ3n) is 12.2. The molecule has 4 aliphatic rings. The summed E-state index contributed by atoms with van der Waals surface area (Å²) in [5.41, 5.74) is -6.32. The molecule has 6 rings (SSSR count). The van der Waals surface area contributed by atoms with E-state index in [-0.39, 0.29) is 29.7 Å². The fraction of sp³-hybridized carbons (Fsp3) is 0.538. The quantitative estimate of drug-likeness (QED) is 0.188. The van der Waals surface area contributed by atoms with E-state index in [0.29, 0.717) is 5.56 Å². The van der Waals surface area contributed by atoms with Crippen LogP contribution in [0.25, 0.3) is 0 Å². The van der Waals surface area contributed by atoms with E-state index in [9.17, 15) is 39.6 Å². The number of ketones is 1. The number of hydrogen-bond donors (Lipinski definition) is 4. The predicted molar refractivity (Wildman–Crippen MR) is 180 cm³/mol. The number of fused-ring (bicyclic) bond motifs is 5. The number of aliphatic hydroxyl groups is 4. The van der Waals surface area contributed by atoms with Crippen LogP contribution >= 0.6 is 0 Å². The van der Waals surface area contributed by atoms with Crippen molar-refractivity contribution in [1.29, 1.82) is 0 Å². The van der Waals surface area contributed by atoms with Crippen LogP contribution in [-0.2, 0) is 33.3 Å². The van der Waals surface area contributed by atoms with Crippen molar-refractivity contribution in [2.45, 2.75) is 108 Å². The molecule has 3 fully saturated rings. The van der Waals surface area contributed by atoms with E-state index in [1.165, 1.54) is 26.0 Å². The van der Waals surface area contributed by atoms with Crippen molar-refractivity contribution in [3.05, 3.63) is 82.9 Å². The van der Waals surface area contributed by atoms with Crippen LogP contribution in [0.15, 0.2) is 71.8 Å². The molecule has 0 aromatic heterocycles. The van der Waals surface area contributed by atoms with E-state index >= 15 is 0 Å². The van der Waals surface area contributed by atoms with Crippen molar-refractivity contribution in [3.63, 3.8) is 0 Å². The Balaban J connectivity index is 1.53. The van der Waals surface area contributed by atoms with Crippen molar-refractivity contribution in [1.82, 2.24) is 0 Å². The monoisotopic (exact) mass is 706 g/mol. The molecule has 12 heteroatoms. The molecule has 51 heavy (non-hydrogen) atoms. The van der Waals surface area contributed by atoms with Crippen LogP contribution in [0.2, 0.25) is 0 Å². The van der Waals surface area contributed by atoms with Gasteiger partial charge in [-0.05, 0) is 42.7 Å². The van der Waals surface area contributed by atoms with Gasteiger partial charge in [0, 0.05) is 31.1 Å². The average molecular weight is 707 g/mol. The van der Waals surface area contributed by atoms with Crippen LogP contribution in [0.5, 0.6) is 0 Å². The van der Waals surface area contributed by atoms with Crippen LogP contribution in [-0.4, -0.2) is 98.6 Å². The van der Waals surface area contributed by atoms with Crippen molar-refractivity contribution < 1.29 is 58.6 Å². The largest absolute Gasteiger partial charge is 0.456 e. The first kappa shape index (κ1) is 36.8. The highest BCUT2D eigenvalue weighted by Gasteiger charge is 2.78. The Bertz CT molecular complexity index is 1740. The van der Waals surface area contributed by atoms with E-state index in [4.69, 9.17) is 18.9 Å². The summed E-state index contributed by atoms with van der Waals surface area (Å²) in [5.74, 6) is -5.58. The van der Waals surface area contributed by atoms with Crippen LogP contribution in [0.4, 0.5) is 0 Å². The second kappa shape index (κ2) is 12.9. The van der Waals surface area contributed by atoms with E-state index in [2.05, 4.69) is 0 Å². The highest BCUT2D eigenvalue weighted by Crippen LogP contribution is 2.64. The molecule has 2 saturated carbocycles. The minimum atomic E-state index is -2.24. The van der Waals surface area contributed by atoms with Gasteiger partial charge in [-0.2, -0.15) is 0 Å². The molecule has 2 aromatic rings. The lowest BCUT2D eigenvalue weighted by molar-refractivity contribution is -0.346. The van der Waals surface area contributed by atoms with Crippen LogP contribution in [0.3, 0.4) is 0 Å². The summed E-state index contributed by atoms with van der Waals surface area (Å²) in [6.07, 6.45) is -9.53. The molecule has 4 N–H and O–H groups in total. The van der Waals surface area contributed by atoms with E-state index in [1.807, 2.05) is 0 Å². The number of esters is 3. The Morgan fingerprint density at radius 1 is 0.961 bits per heavy atom. The van der Waals surface area contributed by atoms with E-state index in [0.717, 1.165) is 0 Å². The minimum absolute atomic E-state index is 0.0193. The standard InChI is InChI=1S/C39H46O12/c1-20(23-13-9-7-10-14-23)29(42)35(46)49-25-18-39(47)33(50-34(45)24-15-11-8-12-16-24)31-37(6,32(44)30(43)28(21(25)2)36(39,4)5)26(41)17-27-38(31,19-48-27)51-22(3)40/h7-16,20,25-27,29-31,33,41-43,47H,17-19H2,1-6H3/t20-,25-,26-,27+,29+,30+,31-,33?,37+,38-,39+/m0/s1. The van der Waals surface area contributed by atoms with E-state index < -0.39 is 101 Å². The van der Waals surface area contributed by atoms with Crippen LogP contribution < -0.4 is 0 Å². The number of carbonyl (C=O) groups excluding carboxylic acids is 4. The molecule has 0 spiro atoms. The molecule has 0 amide bonds. The summed E-state index contributed by atoms with van der Waals surface area (Å²) >= 11 is 0. The van der Waals surface area contributed by atoms with Crippen molar-refractivity contribution in [2.24, 2.45) is 16.7 Å². The lowest BCUT2D eigenvalue weighted by atomic mass is 9.44. The number of carbonyl (C=O) groups is 4. The van der Waals surface area contributed by atoms with Gasteiger partial charge in [0.25, 0.3) is 0 Å². The van der Waals surface area contributed by atoms with Crippen LogP contribution in [0.1, 0.15) is 76.2 Å². The first-order valence-electron chi connectivity index (χ1n) is 17.3. The SMILES string of the molecule is CC(=O)O[C@@]12CO[C@@H]1C[C@H](O)[C@@]1(C)C(=O)[C@H](O)C3=C(C)[C@@H](OC(=O)[C@H](O)[C@@H](C)c4ccccc4)C[C@@](O)(C(OC(=O)c4ccccc4)[C@H]21)C3(C)C. The van der Waals surface area contributed by atoms with Gasteiger partial charge in [0.2, 0.25) is 0 Å². The molecule has 0 radical (unpaired) electrons. The summed E-state index contributed by atoms with van der Waals surface area (Å²) < 4.78 is 24.0. The summed E-state index contributed by atoms with van der Waals surface area (Å²) in [6, 6.07) is 16.9. The maximum absolute atomic E-state index is 14.8. The zero-order valence-electron chi connectivity index (χ0n) is 29.6. The molecule has 2 bridgehead atoms. The Morgan fingerprint density at radius 3 is 2.14 bits per heavy atom. The summed E-state index contributed by atoms with van der Waals surface area (Å²) in [6.45, 7) is 8.76. The van der Waals surface area contributed by atoms with Gasteiger partial charge in [-0.25, -0.2) is 9.59 Å². The Hall–Kier alpha value is -3.94. The zero-order valence-corrected chi connectivity index (χ0v) is 29.6. The highest BCUT2D eigenvalue weighted by atomic mass is 16.6. The molecule has 1 heterocycles. The number of hydrogen-bond acceptors (Lipinski definition) is 12. The fourth-order valence-electron chi connectivity index (χ4n) is 9.13. The van der Waals surface area contributed by atoms with Gasteiger partial charge in [-0.1, -0.05) is 69.3 Å². The lowest BCUT2D eigenvalue weighted by Gasteiger charge is -2.67. The van der Waals surface area contributed by atoms with Gasteiger partial charge in [0.1, 0.15) is 30.0 Å². The molecule has 1 saturated heterocycles. The summed E-state index contributed by atoms with van der Waals surface area (Å²) in [5, 5.41) is 48.2. The third kappa shape index (κ3) is 5.54. The van der Waals surface area contributed by atoms with Gasteiger partial charge in [0.05, 0.1) is 29.6 Å². The second-order valence-corrected chi connectivity index (χ2v) is 15.2. The van der Waals surface area contributed by atoms with Gasteiger partial charge in [-0.3, -0.25) is 9.59 Å². The number of aliphatic hydroxyl groups excluding tert-OH is 3. The molecule has 274 valence electrons. The summed E-state index contributed by atoms with van der Waals surface area (Å²) in [7, 11) is 0. The third-order valence-corrected chi connectivity index (χ3v) is 12.2. The smallest absolute Gasteiger partial charge is 0.338 e. The van der Waals surface area contributed by atoms with Gasteiger partial charge in [-0.15, -0.1) is 0 Å². The number of Topliss-reactive ketones (excluding diaryl/α,β-unsaturated/α-hetero) is 1. The Kier molecular flexibility index (Phi) is 9.34. The molecule has 11 atom stereocenters. The molecular weight excluding hydrogens is 660 g/mol. The zero-order chi connectivity index (χ0) is 37.3. The van der Waals surface area contributed by atoms with Crippen molar-refractivity contribution >= 4 is 23.7 Å². The molecule has 12 nitrogen and oxygen atoms in total. The molecule has 1 unspecified atom stereocenters. The predicted octanol–water partition coefficient (Wildman–Crippen LogP) is 2.80. The van der Waals surface area contributed by atoms with Gasteiger partial charge < -0.3 is 39.4 Å². The highest BCUT2D eigenvalue weighted by molar-refractivity contribution is 5.94. The molecule has 1 aliphatic heterocycles. The average Bonchev–Trinajstić information content (AvgIpc) is 3.09. The number of benzene rings is 2. The minimum Gasteiger partial charge on any atom is -0.456 e. The number of ether oxygens (including phenoxy) is 4. The van der Waals surface area contributed by atoms with Crippen molar-refractivity contribution in [2.75, 3.05) is 6.61 Å². The second-order valence-electron chi connectivity index (χ2n) is 15.2. The van der Waals surface area contributed by atoms with E-state index in [1.54, 1.807) is 76.2 Å². The maximum Gasteiger partial charge on any atom is 0.338 e. The maximum atomic E-state index is 14.8. The fourth-order valence-corrected chi connectivity index (χ4v) is 9.13. The molecule has 2 aromatic carbocycles. The first-order chi connectivity index (χ1) is 23.9. The van der Waals surface area contributed by atoms with Crippen LogP contribution in [0, 0.1) is 16.7 Å².